The zero-order valence-corrected chi connectivity index (χ0v) is 18.6. The Kier molecular flexibility index (Phi) is 7.47. The number of hydrogen-bond acceptors (Lipinski definition) is 5. The molecule has 1 aliphatic rings. The molecule has 0 aromatic heterocycles. The second-order valence-electron chi connectivity index (χ2n) is 8.67. The van der Waals surface area contributed by atoms with E-state index in [0.717, 1.165) is 0 Å². The summed E-state index contributed by atoms with van der Waals surface area (Å²) in [7, 11) is -1.93. The second kappa shape index (κ2) is 9.24. The number of nitrogens with two attached hydrogens (primary N) is 1. The van der Waals surface area contributed by atoms with Gasteiger partial charge in [0.2, 0.25) is 0 Å². The molecule has 1 aliphatic heterocycles. The van der Waals surface area contributed by atoms with Crippen molar-refractivity contribution in [3.8, 4) is 0 Å². The Morgan fingerprint density at radius 3 is 2.75 bits per heavy atom. The molecule has 0 radical (unpaired) electrons. The van der Waals surface area contributed by atoms with Gasteiger partial charge in [-0.3, -0.25) is 4.90 Å². The van der Waals surface area contributed by atoms with Crippen molar-refractivity contribution in [2.24, 2.45) is 0 Å². The predicted octanol–water partition coefficient (Wildman–Crippen LogP) is 3.81. The summed E-state index contributed by atoms with van der Waals surface area (Å²) in [6.45, 7) is 12.7. The van der Waals surface area contributed by atoms with Crippen molar-refractivity contribution < 1.29 is 23.1 Å². The van der Waals surface area contributed by atoms with E-state index in [1.54, 1.807) is 17.0 Å². The smallest absolute Gasteiger partial charge is 0.410 e. The molecule has 1 heterocycles. The van der Waals surface area contributed by atoms with E-state index < -0.39 is 14.4 Å². The fourth-order valence-electron chi connectivity index (χ4n) is 2.72. The van der Waals surface area contributed by atoms with Crippen LogP contribution in [0.15, 0.2) is 18.2 Å². The minimum Gasteiger partial charge on any atom is -0.449 e. The number of carbonyl (C=O) groups excluding carboxylic acids is 1. The molecule has 6 nitrogen and oxygen atoms in total. The van der Waals surface area contributed by atoms with Gasteiger partial charge in [-0.25, -0.2) is 9.18 Å². The number of amides is 1. The summed E-state index contributed by atoms with van der Waals surface area (Å²) in [5, 5.41) is 0.0908. The van der Waals surface area contributed by atoms with E-state index in [-0.39, 0.29) is 29.9 Å². The molecule has 1 saturated heterocycles. The standard InChI is InChI=1S/C20H33FN2O4Si/c1-20(2,3)28(4,5)27-14-15-13-25-12-10-23(15)19(24)26-11-9-16-17(21)7-6-8-18(16)22/h6-8,15H,9-14,22H2,1-5H3. The second-order valence-corrected chi connectivity index (χ2v) is 13.5. The lowest BCUT2D eigenvalue weighted by Crippen LogP contribution is -2.53. The van der Waals surface area contributed by atoms with Crippen LogP contribution in [0.3, 0.4) is 0 Å². The van der Waals surface area contributed by atoms with E-state index in [2.05, 4.69) is 33.9 Å². The molecule has 2 N–H and O–H groups in total. The minimum atomic E-state index is -1.93. The molecule has 28 heavy (non-hydrogen) atoms. The molecule has 0 aliphatic carbocycles. The normalized spacial score (nSPS) is 18.2. The largest absolute Gasteiger partial charge is 0.449 e. The molecule has 1 unspecified atom stereocenters. The van der Waals surface area contributed by atoms with Gasteiger partial charge in [0, 0.05) is 24.2 Å². The third-order valence-electron chi connectivity index (χ3n) is 5.64. The molecule has 1 atom stereocenters. The number of carbonyl (C=O) groups is 1. The van der Waals surface area contributed by atoms with E-state index in [1.165, 1.54) is 6.07 Å². The summed E-state index contributed by atoms with van der Waals surface area (Å²) in [5.74, 6) is -0.386. The van der Waals surface area contributed by atoms with Crippen LogP contribution in [0.25, 0.3) is 0 Å². The van der Waals surface area contributed by atoms with E-state index in [1.807, 2.05) is 0 Å². The Morgan fingerprint density at radius 1 is 1.39 bits per heavy atom. The Labute approximate surface area is 168 Å². The third kappa shape index (κ3) is 5.68. The highest BCUT2D eigenvalue weighted by Gasteiger charge is 2.39. The molecular weight excluding hydrogens is 379 g/mol. The first kappa shape index (κ1) is 22.6. The fraction of sp³-hybridized carbons (Fsp3) is 0.650. The van der Waals surface area contributed by atoms with Gasteiger partial charge in [-0.05, 0) is 30.3 Å². The molecule has 8 heteroatoms. The topological polar surface area (TPSA) is 74.0 Å². The maximum atomic E-state index is 13.8. The van der Waals surface area contributed by atoms with Gasteiger partial charge in [0.15, 0.2) is 8.32 Å². The highest BCUT2D eigenvalue weighted by Crippen LogP contribution is 2.36. The van der Waals surface area contributed by atoms with Crippen molar-refractivity contribution in [3.63, 3.8) is 0 Å². The van der Waals surface area contributed by atoms with E-state index in [0.29, 0.717) is 37.6 Å². The van der Waals surface area contributed by atoms with Crippen LogP contribution in [0.2, 0.25) is 18.1 Å². The molecule has 1 aromatic carbocycles. The summed E-state index contributed by atoms with van der Waals surface area (Å²) in [6, 6.07) is 4.36. The van der Waals surface area contributed by atoms with Crippen LogP contribution in [0.1, 0.15) is 26.3 Å². The SMILES string of the molecule is CC(C)(C)[Si](C)(C)OCC1COCCN1C(=O)OCCc1c(N)cccc1F. The maximum absolute atomic E-state index is 13.8. The summed E-state index contributed by atoms with van der Waals surface area (Å²) in [6.07, 6.45) is -0.193. The van der Waals surface area contributed by atoms with Gasteiger partial charge < -0.3 is 19.6 Å². The molecule has 0 saturated carbocycles. The van der Waals surface area contributed by atoms with Gasteiger partial charge in [0.25, 0.3) is 0 Å². The van der Waals surface area contributed by atoms with Gasteiger partial charge in [-0.2, -0.15) is 0 Å². The van der Waals surface area contributed by atoms with Crippen LogP contribution in [0.4, 0.5) is 14.9 Å². The van der Waals surface area contributed by atoms with Crippen molar-refractivity contribution in [2.45, 2.75) is 51.4 Å². The molecule has 1 fully saturated rings. The lowest BCUT2D eigenvalue weighted by Gasteiger charge is -2.40. The highest BCUT2D eigenvalue weighted by molar-refractivity contribution is 6.74. The van der Waals surface area contributed by atoms with Gasteiger partial charge in [-0.1, -0.05) is 26.8 Å². The Morgan fingerprint density at radius 2 is 2.11 bits per heavy atom. The average Bonchev–Trinajstić information content (AvgIpc) is 2.61. The molecule has 158 valence electrons. The summed E-state index contributed by atoms with van der Waals surface area (Å²) in [5.41, 5.74) is 6.53. The first-order valence-electron chi connectivity index (χ1n) is 9.71. The first-order chi connectivity index (χ1) is 13.0. The molecule has 2 rings (SSSR count). The Hall–Kier alpha value is -1.64. The van der Waals surface area contributed by atoms with Gasteiger partial charge in [0.05, 0.1) is 32.5 Å². The zero-order chi connectivity index (χ0) is 20.9. The molecule has 1 aromatic rings. The number of anilines is 1. The number of ether oxygens (including phenoxy) is 2. The summed E-state index contributed by atoms with van der Waals surface area (Å²) in [4.78, 5) is 14.2. The van der Waals surface area contributed by atoms with Crippen molar-refractivity contribution >= 4 is 20.1 Å². The van der Waals surface area contributed by atoms with Gasteiger partial charge >= 0.3 is 6.09 Å². The molecule has 0 spiro atoms. The van der Waals surface area contributed by atoms with Crippen LogP contribution in [0, 0.1) is 5.82 Å². The van der Waals surface area contributed by atoms with Crippen LogP contribution in [0.5, 0.6) is 0 Å². The predicted molar refractivity (Wildman–Crippen MR) is 110 cm³/mol. The molecular formula is C20H33FN2O4Si. The van der Waals surface area contributed by atoms with Crippen molar-refractivity contribution in [1.82, 2.24) is 4.90 Å². The highest BCUT2D eigenvalue weighted by atomic mass is 28.4. The monoisotopic (exact) mass is 412 g/mol. The minimum absolute atomic E-state index is 0.0666. The van der Waals surface area contributed by atoms with E-state index >= 15 is 0 Å². The maximum Gasteiger partial charge on any atom is 0.410 e. The summed E-state index contributed by atoms with van der Waals surface area (Å²) < 4.78 is 31.0. The van der Waals surface area contributed by atoms with Crippen LogP contribution < -0.4 is 5.73 Å². The van der Waals surface area contributed by atoms with Crippen molar-refractivity contribution in [3.05, 3.63) is 29.6 Å². The first-order valence-corrected chi connectivity index (χ1v) is 12.6. The quantitative estimate of drug-likeness (QED) is 0.568. The van der Waals surface area contributed by atoms with Crippen molar-refractivity contribution in [2.75, 3.05) is 38.7 Å². The van der Waals surface area contributed by atoms with Gasteiger partial charge in [-0.15, -0.1) is 0 Å². The Bertz CT molecular complexity index is 658. The zero-order valence-electron chi connectivity index (χ0n) is 17.6. The Balaban J connectivity index is 1.91. The van der Waals surface area contributed by atoms with Crippen LogP contribution in [-0.2, 0) is 20.3 Å². The van der Waals surface area contributed by atoms with Crippen LogP contribution in [-0.4, -0.2) is 58.3 Å². The van der Waals surface area contributed by atoms with Crippen LogP contribution >= 0.6 is 0 Å². The third-order valence-corrected chi connectivity index (χ3v) is 10.1. The average molecular weight is 413 g/mol. The van der Waals surface area contributed by atoms with Crippen molar-refractivity contribution in [1.29, 1.82) is 0 Å². The van der Waals surface area contributed by atoms with E-state index in [9.17, 15) is 9.18 Å². The van der Waals surface area contributed by atoms with E-state index in [4.69, 9.17) is 19.6 Å². The number of nitrogen functional groups attached to an aromatic ring is 1. The summed E-state index contributed by atoms with van der Waals surface area (Å²) >= 11 is 0. The fourth-order valence-corrected chi connectivity index (χ4v) is 3.76. The molecule has 1 amide bonds. The number of benzene rings is 1. The lowest BCUT2D eigenvalue weighted by molar-refractivity contribution is -0.0238. The molecule has 0 bridgehead atoms. The van der Waals surface area contributed by atoms with Gasteiger partial charge in [0.1, 0.15) is 5.82 Å². The number of hydrogen-bond donors (Lipinski definition) is 1. The number of nitrogens with zero attached hydrogens (tertiary/aromatic N) is 1. The number of rotatable bonds is 6. The lowest BCUT2D eigenvalue weighted by atomic mass is 10.1. The number of morpholine rings is 1. The number of halogens is 1.